The summed E-state index contributed by atoms with van der Waals surface area (Å²) >= 11 is 1.37. The molecule has 186 valence electrons. The molecule has 5 rings (SSSR count). The van der Waals surface area contributed by atoms with E-state index in [1.54, 1.807) is 5.38 Å². The Hall–Kier alpha value is -4.49. The molecule has 5 aromatic rings. The van der Waals surface area contributed by atoms with Crippen molar-refractivity contribution in [3.05, 3.63) is 89.6 Å². The number of ether oxygens (including phenoxy) is 1. The number of methoxy groups -OCH3 is 1. The molecule has 11 nitrogen and oxygen atoms in total. The van der Waals surface area contributed by atoms with E-state index in [9.17, 15) is 9.00 Å². The van der Waals surface area contributed by atoms with Gasteiger partial charge in [-0.15, -0.1) is 16.4 Å². The molecule has 2 N–H and O–H groups in total. The predicted molar refractivity (Wildman–Crippen MR) is 140 cm³/mol. The lowest BCUT2D eigenvalue weighted by molar-refractivity contribution is 0.102. The quantitative estimate of drug-likeness (QED) is 0.294. The molecule has 3 heterocycles. The van der Waals surface area contributed by atoms with Gasteiger partial charge in [0.1, 0.15) is 15.6 Å². The number of tetrazole rings is 1. The lowest BCUT2D eigenvalue weighted by Gasteiger charge is -2.10. The normalized spacial score (nSPS) is 11.6. The molecule has 0 aliphatic heterocycles. The number of aromatic nitrogens is 6. The Kier molecular flexibility index (Phi) is 7.23. The average molecular weight is 533 g/mol. The Morgan fingerprint density at radius 3 is 2.62 bits per heavy atom. The minimum Gasteiger partial charge on any atom is -0.480 e. The summed E-state index contributed by atoms with van der Waals surface area (Å²) in [6.45, 7) is 0.414. The number of nitrogens with one attached hydrogen (secondary N) is 2. The topological polar surface area (TPSA) is 137 Å². The average Bonchev–Trinajstić information content (AvgIpc) is 3.60. The fourth-order valence-corrected chi connectivity index (χ4v) is 5.00. The number of nitrogens with zero attached hydrogens (tertiary/aromatic N) is 6. The zero-order chi connectivity index (χ0) is 25.6. The number of carbonyl (C=O) groups excluding carboxylic acids is 1. The molecule has 1 atom stereocenters. The van der Waals surface area contributed by atoms with Crippen LogP contribution in [-0.4, -0.2) is 47.4 Å². The van der Waals surface area contributed by atoms with Gasteiger partial charge in [-0.1, -0.05) is 65.8 Å². The monoisotopic (exact) mass is 532 g/mol. The second-order valence-corrected chi connectivity index (χ2v) is 9.63. The van der Waals surface area contributed by atoms with Crippen molar-refractivity contribution in [1.29, 1.82) is 0 Å². The summed E-state index contributed by atoms with van der Waals surface area (Å²) in [7, 11) is -0.437. The zero-order valence-corrected chi connectivity index (χ0v) is 21.1. The summed E-state index contributed by atoms with van der Waals surface area (Å²) in [5.41, 5.74) is 2.51. The van der Waals surface area contributed by atoms with E-state index < -0.39 is 16.9 Å². The van der Waals surface area contributed by atoms with E-state index in [1.807, 2.05) is 60.7 Å². The molecule has 0 bridgehead atoms. The second kappa shape index (κ2) is 11.1. The van der Waals surface area contributed by atoms with Crippen molar-refractivity contribution in [3.8, 4) is 16.5 Å². The molecule has 0 aliphatic rings. The van der Waals surface area contributed by atoms with Crippen LogP contribution >= 0.6 is 11.3 Å². The first-order valence-electron chi connectivity index (χ1n) is 11.0. The molecule has 3 aromatic heterocycles. The number of pyridine rings is 1. The van der Waals surface area contributed by atoms with Crippen molar-refractivity contribution >= 4 is 39.9 Å². The number of benzene rings is 2. The molecule has 0 aliphatic carbocycles. The maximum absolute atomic E-state index is 13.1. The van der Waals surface area contributed by atoms with E-state index in [0.29, 0.717) is 12.2 Å². The molecule has 1 amide bonds. The first-order valence-corrected chi connectivity index (χ1v) is 13.0. The van der Waals surface area contributed by atoms with Crippen molar-refractivity contribution < 1.29 is 13.7 Å². The molecule has 0 fully saturated rings. The lowest BCUT2D eigenvalue weighted by Crippen LogP contribution is -2.14. The number of hydrogen-bond acceptors (Lipinski definition) is 9. The van der Waals surface area contributed by atoms with E-state index in [4.69, 9.17) is 4.74 Å². The number of anilines is 2. The second-order valence-electron chi connectivity index (χ2n) is 7.59. The maximum Gasteiger partial charge on any atom is 0.275 e. The Labute approximate surface area is 218 Å². The third kappa shape index (κ3) is 5.85. The summed E-state index contributed by atoms with van der Waals surface area (Å²) in [5, 5.41) is 17.3. The first kappa shape index (κ1) is 24.2. The highest BCUT2D eigenvalue weighted by atomic mass is 32.2. The SMILES string of the molecule is COc1ncc(NC(=O)c2csc(-c3ccccc3)n2)cc1S(=O)Nc1nnn(Cc2ccccc2)n1. The van der Waals surface area contributed by atoms with Crippen LogP contribution in [-0.2, 0) is 17.5 Å². The Bertz CT molecular complexity index is 1540. The van der Waals surface area contributed by atoms with Crippen LogP contribution in [0.2, 0.25) is 0 Å². The van der Waals surface area contributed by atoms with Gasteiger partial charge in [-0.3, -0.25) is 9.52 Å². The fourth-order valence-electron chi connectivity index (χ4n) is 3.31. The third-order valence-corrected chi connectivity index (χ3v) is 6.98. The molecule has 0 saturated heterocycles. The summed E-state index contributed by atoms with van der Waals surface area (Å²) < 4.78 is 21.0. The highest BCUT2D eigenvalue weighted by Gasteiger charge is 2.18. The van der Waals surface area contributed by atoms with E-state index in [0.717, 1.165) is 16.1 Å². The number of rotatable bonds is 9. The van der Waals surface area contributed by atoms with Crippen LogP contribution in [0.25, 0.3) is 10.6 Å². The highest BCUT2D eigenvalue weighted by molar-refractivity contribution is 7.86. The van der Waals surface area contributed by atoms with Gasteiger partial charge in [0.15, 0.2) is 11.0 Å². The summed E-state index contributed by atoms with van der Waals surface area (Å²) in [4.78, 5) is 23.0. The van der Waals surface area contributed by atoms with Crippen LogP contribution in [0.15, 0.2) is 83.2 Å². The van der Waals surface area contributed by atoms with Gasteiger partial charge in [0.2, 0.25) is 5.88 Å². The Balaban J connectivity index is 1.28. The van der Waals surface area contributed by atoms with Crippen molar-refractivity contribution in [1.82, 2.24) is 30.2 Å². The molecule has 0 radical (unpaired) electrons. The van der Waals surface area contributed by atoms with Crippen LogP contribution in [0, 0.1) is 0 Å². The third-order valence-electron chi connectivity index (χ3n) is 5.03. The Morgan fingerprint density at radius 2 is 1.86 bits per heavy atom. The molecule has 37 heavy (non-hydrogen) atoms. The van der Waals surface area contributed by atoms with Gasteiger partial charge in [-0.05, 0) is 16.8 Å². The minimum absolute atomic E-state index is 0.0710. The van der Waals surface area contributed by atoms with E-state index in [1.165, 1.54) is 35.5 Å². The highest BCUT2D eigenvalue weighted by Crippen LogP contribution is 2.26. The molecular weight excluding hydrogens is 512 g/mol. The summed E-state index contributed by atoms with van der Waals surface area (Å²) in [5.74, 6) is -0.220. The van der Waals surface area contributed by atoms with E-state index in [2.05, 4.69) is 35.4 Å². The minimum atomic E-state index is -1.85. The van der Waals surface area contributed by atoms with Crippen molar-refractivity contribution in [3.63, 3.8) is 0 Å². The molecule has 2 aromatic carbocycles. The lowest BCUT2D eigenvalue weighted by atomic mass is 10.2. The van der Waals surface area contributed by atoms with Gasteiger partial charge in [0.25, 0.3) is 11.9 Å². The van der Waals surface area contributed by atoms with Crippen molar-refractivity contribution in [2.45, 2.75) is 11.4 Å². The van der Waals surface area contributed by atoms with Gasteiger partial charge in [-0.25, -0.2) is 14.2 Å². The molecule has 1 unspecified atom stereocenters. The number of carbonyl (C=O) groups is 1. The number of hydrogen-bond donors (Lipinski definition) is 2. The van der Waals surface area contributed by atoms with Crippen molar-refractivity contribution in [2.24, 2.45) is 0 Å². The van der Waals surface area contributed by atoms with Crippen LogP contribution in [0.3, 0.4) is 0 Å². The number of amides is 1. The molecule has 0 saturated carbocycles. The van der Waals surface area contributed by atoms with Crippen molar-refractivity contribution in [2.75, 3.05) is 17.1 Å². The van der Waals surface area contributed by atoms with Gasteiger partial charge >= 0.3 is 0 Å². The molecule has 0 spiro atoms. The van der Waals surface area contributed by atoms with Gasteiger partial charge in [0.05, 0.1) is 25.5 Å². The Morgan fingerprint density at radius 1 is 1.11 bits per heavy atom. The van der Waals surface area contributed by atoms with Gasteiger partial charge in [0, 0.05) is 10.9 Å². The smallest absolute Gasteiger partial charge is 0.275 e. The molecule has 13 heteroatoms. The van der Waals surface area contributed by atoms with Gasteiger partial charge in [-0.2, -0.15) is 4.80 Å². The predicted octanol–water partition coefficient (Wildman–Crippen LogP) is 3.64. The molecular formula is C24H20N8O3S2. The zero-order valence-electron chi connectivity index (χ0n) is 19.4. The van der Waals surface area contributed by atoms with E-state index >= 15 is 0 Å². The number of thiazole rings is 1. The van der Waals surface area contributed by atoms with Crippen LogP contribution in [0.4, 0.5) is 11.6 Å². The van der Waals surface area contributed by atoms with Gasteiger partial charge < -0.3 is 10.1 Å². The fraction of sp³-hybridized carbons (Fsp3) is 0.0833. The standard InChI is InChI=1S/C24H20N8O3S2/c1-35-22-20(37(34)30-24-28-31-32(29-24)14-16-8-4-2-5-9-16)12-18(13-25-22)26-21(33)19-15-36-23(27-19)17-10-6-3-7-11-17/h2-13,15H,14H2,1H3,(H,26,33)(H,29,30). The van der Waals surface area contributed by atoms with Crippen LogP contribution in [0.5, 0.6) is 5.88 Å². The van der Waals surface area contributed by atoms with E-state index in [-0.39, 0.29) is 22.4 Å². The first-order chi connectivity index (χ1) is 18.1. The maximum atomic E-state index is 13.1. The summed E-state index contributed by atoms with van der Waals surface area (Å²) in [6, 6.07) is 20.7. The van der Waals surface area contributed by atoms with Crippen LogP contribution in [0.1, 0.15) is 16.1 Å². The summed E-state index contributed by atoms with van der Waals surface area (Å²) in [6.07, 6.45) is 1.41. The van der Waals surface area contributed by atoms with Crippen LogP contribution < -0.4 is 14.8 Å². The largest absolute Gasteiger partial charge is 0.480 e.